The number of rotatable bonds is 4. The molecule has 34 heavy (non-hydrogen) atoms. The van der Waals surface area contributed by atoms with Crippen LogP contribution in [0.25, 0.3) is 17.1 Å². The van der Waals surface area contributed by atoms with Gasteiger partial charge in [-0.25, -0.2) is 23.3 Å². The predicted molar refractivity (Wildman–Crippen MR) is 115 cm³/mol. The SMILES string of the molecule is O=C(c1cnc(-c2ccccn2)o1)N1CCc2[nH]cnc2[C@@H]1c1cc2c(C(F)F)cccn2n1. The van der Waals surface area contributed by atoms with Gasteiger partial charge in [-0.3, -0.25) is 9.78 Å². The molecule has 6 rings (SSSR count). The van der Waals surface area contributed by atoms with Crippen LogP contribution in [0.5, 0.6) is 0 Å². The molecule has 5 aromatic rings. The molecule has 0 saturated heterocycles. The van der Waals surface area contributed by atoms with E-state index in [2.05, 4.69) is 25.0 Å². The first-order valence-corrected chi connectivity index (χ1v) is 10.6. The first-order chi connectivity index (χ1) is 16.6. The normalized spacial score (nSPS) is 15.7. The molecule has 0 aliphatic carbocycles. The lowest BCUT2D eigenvalue weighted by Crippen LogP contribution is -2.40. The van der Waals surface area contributed by atoms with Crippen molar-refractivity contribution in [3.05, 3.63) is 89.7 Å². The molecule has 0 spiro atoms. The van der Waals surface area contributed by atoms with Crippen LogP contribution >= 0.6 is 0 Å². The van der Waals surface area contributed by atoms with Crippen LogP contribution in [-0.2, 0) is 6.42 Å². The molecular weight excluding hydrogens is 444 g/mol. The number of nitrogens with zero attached hydrogens (tertiary/aromatic N) is 6. The number of fused-ring (bicyclic) bond motifs is 2. The lowest BCUT2D eigenvalue weighted by Gasteiger charge is -2.33. The molecule has 170 valence electrons. The van der Waals surface area contributed by atoms with Gasteiger partial charge in [0.15, 0.2) is 0 Å². The molecule has 0 bridgehead atoms. The van der Waals surface area contributed by atoms with Crippen molar-refractivity contribution in [3.8, 4) is 11.6 Å². The highest BCUT2D eigenvalue weighted by molar-refractivity contribution is 5.92. The van der Waals surface area contributed by atoms with Crippen LogP contribution < -0.4 is 0 Å². The molecule has 1 aliphatic heterocycles. The largest absolute Gasteiger partial charge is 0.429 e. The Labute approximate surface area is 191 Å². The van der Waals surface area contributed by atoms with Gasteiger partial charge in [0.1, 0.15) is 11.7 Å². The van der Waals surface area contributed by atoms with Crippen molar-refractivity contribution in [1.29, 1.82) is 0 Å². The van der Waals surface area contributed by atoms with E-state index in [1.54, 1.807) is 47.9 Å². The van der Waals surface area contributed by atoms with Crippen LogP contribution in [0.2, 0.25) is 0 Å². The molecule has 0 aromatic carbocycles. The average molecular weight is 461 g/mol. The summed E-state index contributed by atoms with van der Waals surface area (Å²) in [5.41, 5.74) is 2.57. The zero-order chi connectivity index (χ0) is 23.2. The molecule has 1 atom stereocenters. The number of pyridine rings is 2. The predicted octanol–water partition coefficient (Wildman–Crippen LogP) is 3.83. The lowest BCUT2D eigenvalue weighted by molar-refractivity contribution is 0.0655. The Hall–Kier alpha value is -4.41. The molecule has 1 aliphatic rings. The second-order valence-corrected chi connectivity index (χ2v) is 7.83. The first kappa shape index (κ1) is 20.2. The maximum Gasteiger partial charge on any atom is 0.292 e. The van der Waals surface area contributed by atoms with Gasteiger partial charge in [0, 0.05) is 36.6 Å². The van der Waals surface area contributed by atoms with Crippen LogP contribution in [-0.4, -0.2) is 46.9 Å². The van der Waals surface area contributed by atoms with Crippen molar-refractivity contribution in [2.75, 3.05) is 6.54 Å². The number of hydrogen-bond acceptors (Lipinski definition) is 6. The van der Waals surface area contributed by atoms with Gasteiger partial charge in [0.25, 0.3) is 12.3 Å². The number of nitrogens with one attached hydrogen (secondary N) is 1. The van der Waals surface area contributed by atoms with Crippen LogP contribution in [0, 0.1) is 0 Å². The van der Waals surface area contributed by atoms with Crippen LogP contribution in [0.1, 0.15) is 45.7 Å². The minimum Gasteiger partial charge on any atom is -0.429 e. The number of carbonyl (C=O) groups excluding carboxylic acids is 1. The fourth-order valence-corrected chi connectivity index (χ4v) is 4.29. The molecule has 5 aromatic heterocycles. The number of carbonyl (C=O) groups is 1. The van der Waals surface area contributed by atoms with Gasteiger partial charge < -0.3 is 14.3 Å². The van der Waals surface area contributed by atoms with Crippen molar-refractivity contribution in [1.82, 2.24) is 34.4 Å². The van der Waals surface area contributed by atoms with Gasteiger partial charge in [-0.2, -0.15) is 5.10 Å². The summed E-state index contributed by atoms with van der Waals surface area (Å²) >= 11 is 0. The fourth-order valence-electron chi connectivity index (χ4n) is 4.29. The zero-order valence-electron chi connectivity index (χ0n) is 17.6. The summed E-state index contributed by atoms with van der Waals surface area (Å²) in [6.07, 6.45) is 4.02. The number of imidazole rings is 1. The number of aromatic amines is 1. The van der Waals surface area contributed by atoms with Gasteiger partial charge in [0.05, 0.1) is 29.4 Å². The Balaban J connectivity index is 1.42. The summed E-state index contributed by atoms with van der Waals surface area (Å²) in [7, 11) is 0. The third kappa shape index (κ3) is 3.24. The molecule has 6 heterocycles. The number of oxazole rings is 1. The van der Waals surface area contributed by atoms with E-state index >= 15 is 0 Å². The molecule has 9 nitrogen and oxygen atoms in total. The molecule has 1 amide bonds. The van der Waals surface area contributed by atoms with Gasteiger partial charge in [-0.1, -0.05) is 6.07 Å². The minimum atomic E-state index is -2.66. The molecular formula is C23H17F2N7O2. The minimum absolute atomic E-state index is 0.0432. The topological polar surface area (TPSA) is 105 Å². The number of halogens is 2. The van der Waals surface area contributed by atoms with Crippen molar-refractivity contribution >= 4 is 11.4 Å². The van der Waals surface area contributed by atoms with Gasteiger partial charge in [-0.05, 0) is 30.3 Å². The quantitative estimate of drug-likeness (QED) is 0.436. The monoisotopic (exact) mass is 461 g/mol. The van der Waals surface area contributed by atoms with Gasteiger partial charge in [0.2, 0.25) is 11.7 Å². The van der Waals surface area contributed by atoms with E-state index in [4.69, 9.17) is 4.42 Å². The second-order valence-electron chi connectivity index (χ2n) is 7.83. The highest BCUT2D eigenvalue weighted by Crippen LogP contribution is 2.35. The third-order valence-corrected chi connectivity index (χ3v) is 5.86. The van der Waals surface area contributed by atoms with E-state index in [1.165, 1.54) is 22.8 Å². The molecule has 1 N–H and O–H groups in total. The number of H-pyrrole nitrogens is 1. The van der Waals surface area contributed by atoms with E-state index in [0.29, 0.717) is 30.0 Å². The van der Waals surface area contributed by atoms with Crippen LogP contribution in [0.4, 0.5) is 8.78 Å². The van der Waals surface area contributed by atoms with E-state index in [1.807, 2.05) is 0 Å². The summed E-state index contributed by atoms with van der Waals surface area (Å²) in [6, 6.07) is 9.08. The summed E-state index contributed by atoms with van der Waals surface area (Å²) < 4.78 is 34.2. The Morgan fingerprint density at radius 2 is 2.09 bits per heavy atom. The van der Waals surface area contributed by atoms with Crippen molar-refractivity contribution in [2.24, 2.45) is 0 Å². The highest BCUT2D eigenvalue weighted by atomic mass is 19.3. The van der Waals surface area contributed by atoms with Crippen LogP contribution in [0.15, 0.2) is 65.7 Å². The Morgan fingerprint density at radius 3 is 2.91 bits per heavy atom. The van der Waals surface area contributed by atoms with Crippen molar-refractivity contribution in [3.63, 3.8) is 0 Å². The van der Waals surface area contributed by atoms with Crippen molar-refractivity contribution in [2.45, 2.75) is 18.9 Å². The summed E-state index contributed by atoms with van der Waals surface area (Å²) in [5.74, 6) is -0.131. The van der Waals surface area contributed by atoms with E-state index in [9.17, 15) is 13.6 Å². The van der Waals surface area contributed by atoms with Crippen molar-refractivity contribution < 1.29 is 18.0 Å². The number of aromatic nitrogens is 6. The molecule has 0 radical (unpaired) electrons. The first-order valence-electron chi connectivity index (χ1n) is 10.6. The Kier molecular flexibility index (Phi) is 4.68. The summed E-state index contributed by atoms with van der Waals surface area (Å²) in [4.78, 5) is 31.0. The summed E-state index contributed by atoms with van der Waals surface area (Å²) in [6.45, 7) is 0.355. The molecule has 0 fully saturated rings. The van der Waals surface area contributed by atoms with E-state index in [0.717, 1.165) is 5.69 Å². The number of amides is 1. The van der Waals surface area contributed by atoms with Gasteiger partial charge >= 0.3 is 0 Å². The fraction of sp³-hybridized carbons (Fsp3) is 0.174. The Morgan fingerprint density at radius 1 is 1.18 bits per heavy atom. The molecule has 0 saturated carbocycles. The maximum absolute atomic E-state index is 13.6. The standard InChI is InChI=1S/C23H17F2N7O2/c24-21(25)13-4-3-8-32-17(13)10-16(30-32)20-19-14(28-12-29-19)6-9-31(20)23(33)18-11-27-22(34-18)15-5-1-2-7-26-15/h1-5,7-8,10-12,20-21H,6,9H2,(H,28,29)/t20-/m0/s1. The maximum atomic E-state index is 13.6. The van der Waals surface area contributed by atoms with E-state index < -0.39 is 18.4 Å². The van der Waals surface area contributed by atoms with Crippen LogP contribution in [0.3, 0.4) is 0 Å². The highest BCUT2D eigenvalue weighted by Gasteiger charge is 2.37. The third-order valence-electron chi connectivity index (χ3n) is 5.86. The van der Waals surface area contributed by atoms with E-state index in [-0.39, 0.29) is 22.7 Å². The number of alkyl halides is 2. The van der Waals surface area contributed by atoms with Gasteiger partial charge in [-0.15, -0.1) is 0 Å². The Bertz CT molecular complexity index is 1490. The lowest BCUT2D eigenvalue weighted by atomic mass is 9.99. The number of hydrogen-bond donors (Lipinski definition) is 1. The molecule has 0 unspecified atom stereocenters. The second kappa shape index (κ2) is 7.87. The summed E-state index contributed by atoms with van der Waals surface area (Å²) in [5, 5.41) is 4.52. The average Bonchev–Trinajstić information content (AvgIpc) is 3.62. The zero-order valence-corrected chi connectivity index (χ0v) is 17.6. The molecule has 11 heteroatoms. The smallest absolute Gasteiger partial charge is 0.292 e.